The summed E-state index contributed by atoms with van der Waals surface area (Å²) in [7, 11) is 1.58. The van der Waals surface area contributed by atoms with Crippen LogP contribution in [-0.2, 0) is 16.1 Å². The lowest BCUT2D eigenvalue weighted by molar-refractivity contribution is -0.148. The van der Waals surface area contributed by atoms with Crippen LogP contribution in [0.25, 0.3) is 0 Å². The van der Waals surface area contributed by atoms with E-state index < -0.39 is 11.4 Å². The topological polar surface area (TPSA) is 75.6 Å². The molecule has 1 saturated carbocycles. The van der Waals surface area contributed by atoms with E-state index in [4.69, 9.17) is 4.74 Å². The molecule has 1 fully saturated rings. The summed E-state index contributed by atoms with van der Waals surface area (Å²) < 4.78 is 5.09. The van der Waals surface area contributed by atoms with Gasteiger partial charge in [-0.1, -0.05) is 24.6 Å². The summed E-state index contributed by atoms with van der Waals surface area (Å²) in [6.07, 6.45) is 2.10. The molecule has 114 valence electrons. The van der Waals surface area contributed by atoms with E-state index in [1.807, 2.05) is 12.1 Å². The molecule has 5 nitrogen and oxygen atoms in total. The van der Waals surface area contributed by atoms with Crippen molar-refractivity contribution in [3.8, 4) is 0 Å². The fraction of sp³-hybridized carbons (Fsp3) is 0.500. The van der Waals surface area contributed by atoms with Gasteiger partial charge in [0, 0.05) is 18.7 Å². The molecule has 0 bridgehead atoms. The van der Waals surface area contributed by atoms with E-state index in [1.54, 1.807) is 26.2 Å². The molecule has 0 aromatic heterocycles. The average Bonchev–Trinajstić information content (AvgIpc) is 2.82. The third kappa shape index (κ3) is 3.08. The van der Waals surface area contributed by atoms with Crippen molar-refractivity contribution in [2.45, 2.75) is 38.8 Å². The van der Waals surface area contributed by atoms with Crippen molar-refractivity contribution < 1.29 is 19.4 Å². The number of rotatable bonds is 5. The Balaban J connectivity index is 2.17. The zero-order chi connectivity index (χ0) is 15.5. The highest BCUT2D eigenvalue weighted by Crippen LogP contribution is 2.38. The van der Waals surface area contributed by atoms with Crippen LogP contribution in [0.5, 0.6) is 0 Å². The molecule has 0 saturated heterocycles. The fourth-order valence-corrected chi connectivity index (χ4v) is 2.91. The van der Waals surface area contributed by atoms with E-state index in [-0.39, 0.29) is 11.9 Å². The molecule has 2 atom stereocenters. The first-order valence-electron chi connectivity index (χ1n) is 7.10. The maximum atomic E-state index is 12.4. The van der Waals surface area contributed by atoms with Crippen molar-refractivity contribution in [1.29, 1.82) is 0 Å². The van der Waals surface area contributed by atoms with Crippen LogP contribution < -0.4 is 5.32 Å². The van der Waals surface area contributed by atoms with Crippen LogP contribution >= 0.6 is 0 Å². The third-order valence-corrected chi connectivity index (χ3v) is 4.31. The van der Waals surface area contributed by atoms with Crippen molar-refractivity contribution in [1.82, 2.24) is 5.32 Å². The highest BCUT2D eigenvalue weighted by atomic mass is 16.5. The average molecular weight is 291 g/mol. The Labute approximate surface area is 124 Å². The largest absolute Gasteiger partial charge is 0.481 e. The Morgan fingerprint density at radius 1 is 1.43 bits per heavy atom. The van der Waals surface area contributed by atoms with Crippen molar-refractivity contribution in [3.63, 3.8) is 0 Å². The molecule has 1 aromatic rings. The van der Waals surface area contributed by atoms with E-state index in [2.05, 4.69) is 5.32 Å². The zero-order valence-electron chi connectivity index (χ0n) is 12.4. The van der Waals surface area contributed by atoms with Gasteiger partial charge in [0.1, 0.15) is 0 Å². The number of carboxylic acids is 1. The van der Waals surface area contributed by atoms with Crippen molar-refractivity contribution >= 4 is 11.9 Å². The highest BCUT2D eigenvalue weighted by molar-refractivity contribution is 5.96. The Morgan fingerprint density at radius 2 is 2.14 bits per heavy atom. The van der Waals surface area contributed by atoms with Crippen LogP contribution in [0.2, 0.25) is 0 Å². The number of aliphatic carboxylic acids is 1. The van der Waals surface area contributed by atoms with E-state index >= 15 is 0 Å². The first kappa shape index (κ1) is 15.5. The lowest BCUT2D eigenvalue weighted by Gasteiger charge is -2.28. The number of methoxy groups -OCH3 is 1. The molecule has 0 radical (unpaired) electrons. The summed E-state index contributed by atoms with van der Waals surface area (Å²) in [5.41, 5.74) is 0.456. The molecule has 1 aliphatic rings. The van der Waals surface area contributed by atoms with Gasteiger partial charge >= 0.3 is 5.97 Å². The van der Waals surface area contributed by atoms with Crippen LogP contribution in [0.3, 0.4) is 0 Å². The number of nitrogens with one attached hydrogen (secondary N) is 1. The molecular weight excluding hydrogens is 270 g/mol. The second-order valence-corrected chi connectivity index (χ2v) is 5.73. The van der Waals surface area contributed by atoms with Gasteiger partial charge in [-0.15, -0.1) is 0 Å². The first-order chi connectivity index (χ1) is 9.99. The molecule has 21 heavy (non-hydrogen) atoms. The van der Waals surface area contributed by atoms with Crippen molar-refractivity contribution in [2.75, 3.05) is 7.11 Å². The smallest absolute Gasteiger partial charge is 0.311 e. The number of carbonyl (C=O) groups excluding carboxylic acids is 1. The number of benzene rings is 1. The van der Waals surface area contributed by atoms with Gasteiger partial charge in [0.05, 0.1) is 12.0 Å². The molecule has 0 heterocycles. The quantitative estimate of drug-likeness (QED) is 0.872. The molecule has 0 spiro atoms. The highest BCUT2D eigenvalue weighted by Gasteiger charge is 2.46. The second-order valence-electron chi connectivity index (χ2n) is 5.73. The van der Waals surface area contributed by atoms with Crippen LogP contribution in [0.4, 0.5) is 0 Å². The van der Waals surface area contributed by atoms with Gasteiger partial charge in [-0.25, -0.2) is 0 Å². The minimum absolute atomic E-state index is 0.234. The van der Waals surface area contributed by atoms with Crippen LogP contribution in [0, 0.1) is 5.41 Å². The second kappa shape index (κ2) is 6.26. The number of hydrogen-bond acceptors (Lipinski definition) is 3. The summed E-state index contributed by atoms with van der Waals surface area (Å²) in [6.45, 7) is 2.05. The third-order valence-electron chi connectivity index (χ3n) is 4.31. The Hall–Kier alpha value is -1.88. The number of amides is 1. The van der Waals surface area contributed by atoms with E-state index in [1.165, 1.54) is 0 Å². The summed E-state index contributed by atoms with van der Waals surface area (Å²) in [4.78, 5) is 23.9. The van der Waals surface area contributed by atoms with Gasteiger partial charge < -0.3 is 15.2 Å². The summed E-state index contributed by atoms with van der Waals surface area (Å²) in [5, 5.41) is 12.3. The Kier molecular flexibility index (Phi) is 4.63. The van der Waals surface area contributed by atoms with Crippen molar-refractivity contribution in [3.05, 3.63) is 35.4 Å². The van der Waals surface area contributed by atoms with Gasteiger partial charge in [0.25, 0.3) is 5.91 Å². The zero-order valence-corrected chi connectivity index (χ0v) is 12.4. The number of hydrogen-bond donors (Lipinski definition) is 2. The normalized spacial score (nSPS) is 24.8. The van der Waals surface area contributed by atoms with Gasteiger partial charge in [-0.3, -0.25) is 9.59 Å². The van der Waals surface area contributed by atoms with Gasteiger partial charge in [0.2, 0.25) is 0 Å². The Bertz CT molecular complexity index is 543. The van der Waals surface area contributed by atoms with Gasteiger partial charge in [-0.05, 0) is 31.4 Å². The minimum atomic E-state index is -0.883. The van der Waals surface area contributed by atoms with Crippen LogP contribution in [0.15, 0.2) is 24.3 Å². The SMILES string of the molecule is COCc1ccccc1C(=O)NC1CCCC1(C)C(=O)O. The minimum Gasteiger partial charge on any atom is -0.481 e. The molecule has 1 aliphatic carbocycles. The molecule has 5 heteroatoms. The van der Waals surface area contributed by atoms with Crippen molar-refractivity contribution in [2.24, 2.45) is 5.41 Å². The molecule has 2 rings (SSSR count). The summed E-state index contributed by atoms with van der Waals surface area (Å²) >= 11 is 0. The molecular formula is C16H21NO4. The number of ether oxygens (including phenoxy) is 1. The molecule has 1 amide bonds. The van der Waals surface area contributed by atoms with Crippen LogP contribution in [0.1, 0.15) is 42.1 Å². The number of carboxylic acid groups (broad SMARTS) is 1. The molecule has 1 aromatic carbocycles. The maximum absolute atomic E-state index is 12.4. The van der Waals surface area contributed by atoms with E-state index in [0.717, 1.165) is 12.0 Å². The first-order valence-corrected chi connectivity index (χ1v) is 7.10. The fourth-order valence-electron chi connectivity index (χ4n) is 2.91. The monoisotopic (exact) mass is 291 g/mol. The van der Waals surface area contributed by atoms with E-state index in [0.29, 0.717) is 25.0 Å². The van der Waals surface area contributed by atoms with Crippen LogP contribution in [-0.4, -0.2) is 30.1 Å². The van der Waals surface area contributed by atoms with Gasteiger partial charge in [0.15, 0.2) is 0 Å². The Morgan fingerprint density at radius 3 is 2.81 bits per heavy atom. The van der Waals surface area contributed by atoms with E-state index in [9.17, 15) is 14.7 Å². The van der Waals surface area contributed by atoms with Gasteiger partial charge in [-0.2, -0.15) is 0 Å². The molecule has 2 N–H and O–H groups in total. The molecule has 2 unspecified atom stereocenters. The number of carbonyl (C=O) groups is 2. The lowest BCUT2D eigenvalue weighted by Crippen LogP contribution is -2.47. The predicted molar refractivity (Wildman–Crippen MR) is 78.0 cm³/mol. The maximum Gasteiger partial charge on any atom is 0.311 e. The molecule has 0 aliphatic heterocycles. The lowest BCUT2D eigenvalue weighted by atomic mass is 9.84. The standard InChI is InChI=1S/C16H21NO4/c1-16(15(19)20)9-5-8-13(16)17-14(18)12-7-4-3-6-11(12)10-21-2/h3-4,6-7,13H,5,8-10H2,1-2H3,(H,17,18)(H,19,20). The summed E-state index contributed by atoms with van der Waals surface area (Å²) in [6, 6.07) is 6.87. The predicted octanol–water partition coefficient (Wildman–Crippen LogP) is 2.21. The summed E-state index contributed by atoms with van der Waals surface area (Å²) in [5.74, 6) is -1.09.